The second-order valence-corrected chi connectivity index (χ2v) is 6.97. The summed E-state index contributed by atoms with van der Waals surface area (Å²) in [6.45, 7) is 8.89. The fourth-order valence-corrected chi connectivity index (χ4v) is 2.72. The molecule has 102 valence electrons. The molecule has 3 nitrogen and oxygen atoms in total. The fourth-order valence-electron chi connectivity index (χ4n) is 1.80. The quantitative estimate of drug-likeness (QED) is 0.780. The number of aryl methyl sites for hydroxylation is 2. The Morgan fingerprint density at radius 3 is 2.61 bits per heavy atom. The average molecular weight is 269 g/mol. The first-order chi connectivity index (χ1) is 8.35. The van der Waals surface area contributed by atoms with Gasteiger partial charge in [0.1, 0.15) is 0 Å². The third-order valence-electron chi connectivity index (χ3n) is 3.03. The molecule has 2 N–H and O–H groups in total. The molecule has 1 rings (SSSR count). The van der Waals surface area contributed by atoms with Gasteiger partial charge in [-0.1, -0.05) is 13.8 Å². The Morgan fingerprint density at radius 2 is 2.11 bits per heavy atom. The molecule has 1 aromatic rings. The van der Waals surface area contributed by atoms with E-state index in [-0.39, 0.29) is 17.9 Å². The summed E-state index contributed by atoms with van der Waals surface area (Å²) in [6, 6.07) is 1.94. The Labute approximate surface area is 113 Å². The van der Waals surface area contributed by atoms with Crippen LogP contribution in [0.1, 0.15) is 46.8 Å². The molecule has 0 saturated heterocycles. The van der Waals surface area contributed by atoms with Crippen LogP contribution in [0.4, 0.5) is 0 Å². The summed E-state index contributed by atoms with van der Waals surface area (Å²) in [6.07, 6.45) is 1.80. The molecule has 0 fully saturated rings. The molecule has 1 heterocycles. The zero-order valence-corrected chi connectivity index (χ0v) is 12.5. The summed E-state index contributed by atoms with van der Waals surface area (Å²) in [5.74, 6) is 0.0126. The molecule has 0 radical (unpaired) electrons. The van der Waals surface area contributed by atoms with Gasteiger partial charge in [0.2, 0.25) is 0 Å². The van der Waals surface area contributed by atoms with Crippen LogP contribution in [-0.4, -0.2) is 24.2 Å². The maximum absolute atomic E-state index is 11.9. The molecule has 0 aliphatic rings. The van der Waals surface area contributed by atoms with E-state index < -0.39 is 0 Å². The zero-order valence-electron chi connectivity index (χ0n) is 11.7. The molecule has 0 aliphatic heterocycles. The van der Waals surface area contributed by atoms with E-state index in [9.17, 15) is 4.79 Å². The number of thiophene rings is 1. The van der Waals surface area contributed by atoms with Crippen LogP contribution >= 0.6 is 11.3 Å². The van der Waals surface area contributed by atoms with Crippen molar-refractivity contribution in [2.24, 2.45) is 5.41 Å². The first-order valence-corrected chi connectivity index (χ1v) is 7.13. The molecule has 0 saturated carbocycles. The molecule has 18 heavy (non-hydrogen) atoms. The van der Waals surface area contributed by atoms with Gasteiger partial charge in [-0.05, 0) is 38.2 Å². The molecule has 0 aromatic carbocycles. The van der Waals surface area contributed by atoms with Gasteiger partial charge in [-0.15, -0.1) is 11.3 Å². The molecule has 0 spiro atoms. The Morgan fingerprint density at radius 1 is 1.44 bits per heavy atom. The molecule has 0 aliphatic carbocycles. The van der Waals surface area contributed by atoms with Crippen LogP contribution in [0.5, 0.6) is 0 Å². The summed E-state index contributed by atoms with van der Waals surface area (Å²) in [5, 5.41) is 12.1. The maximum Gasteiger partial charge on any atom is 0.252 e. The molecule has 0 bridgehead atoms. The van der Waals surface area contributed by atoms with Gasteiger partial charge in [0.15, 0.2) is 0 Å². The van der Waals surface area contributed by atoms with Gasteiger partial charge in [-0.25, -0.2) is 0 Å². The third kappa shape index (κ3) is 4.42. The minimum Gasteiger partial charge on any atom is -0.396 e. The highest BCUT2D eigenvalue weighted by molar-refractivity contribution is 7.12. The van der Waals surface area contributed by atoms with Crippen LogP contribution in [0.2, 0.25) is 0 Å². The van der Waals surface area contributed by atoms with E-state index in [1.54, 1.807) is 11.3 Å². The van der Waals surface area contributed by atoms with Crippen molar-refractivity contribution >= 4 is 17.2 Å². The minimum atomic E-state index is -0.0559. The summed E-state index contributed by atoms with van der Waals surface area (Å²) in [4.78, 5) is 14.2. The summed E-state index contributed by atoms with van der Waals surface area (Å²) >= 11 is 1.65. The molecule has 0 unspecified atom stereocenters. The van der Waals surface area contributed by atoms with Gasteiger partial charge in [-0.2, -0.15) is 0 Å². The normalized spacial score (nSPS) is 11.6. The lowest BCUT2D eigenvalue weighted by Gasteiger charge is -2.21. The van der Waals surface area contributed by atoms with E-state index >= 15 is 0 Å². The van der Waals surface area contributed by atoms with Crippen molar-refractivity contribution in [3.05, 3.63) is 21.4 Å². The highest BCUT2D eigenvalue weighted by Gasteiger charge is 2.16. The zero-order chi connectivity index (χ0) is 13.8. The Hall–Kier alpha value is -0.870. The fraction of sp³-hybridized carbons (Fsp3) is 0.643. The maximum atomic E-state index is 11.9. The van der Waals surface area contributed by atoms with Crippen molar-refractivity contribution in [1.29, 1.82) is 0 Å². The van der Waals surface area contributed by atoms with Crippen molar-refractivity contribution in [3.63, 3.8) is 0 Å². The van der Waals surface area contributed by atoms with Gasteiger partial charge < -0.3 is 10.4 Å². The van der Waals surface area contributed by atoms with E-state index in [0.717, 1.165) is 23.3 Å². The number of hydrogen-bond donors (Lipinski definition) is 2. The van der Waals surface area contributed by atoms with Gasteiger partial charge >= 0.3 is 0 Å². The summed E-state index contributed by atoms with van der Waals surface area (Å²) in [5.41, 5.74) is 0.735. The molecule has 0 atom stereocenters. The Balaban J connectivity index is 2.36. The monoisotopic (exact) mass is 269 g/mol. The van der Waals surface area contributed by atoms with Gasteiger partial charge in [-0.3, -0.25) is 4.79 Å². The second-order valence-electron chi connectivity index (χ2n) is 5.51. The van der Waals surface area contributed by atoms with Gasteiger partial charge in [0, 0.05) is 22.9 Å². The topological polar surface area (TPSA) is 49.3 Å². The van der Waals surface area contributed by atoms with Crippen molar-refractivity contribution in [1.82, 2.24) is 5.32 Å². The largest absolute Gasteiger partial charge is 0.396 e. The number of carbonyl (C=O) groups excluding carboxylic acids is 1. The third-order valence-corrected chi connectivity index (χ3v) is 4.00. The molecular formula is C14H23NO2S. The van der Waals surface area contributed by atoms with Crippen LogP contribution in [0, 0.1) is 19.3 Å². The van der Waals surface area contributed by atoms with E-state index in [4.69, 9.17) is 5.11 Å². The smallest absolute Gasteiger partial charge is 0.252 e. The number of carbonyl (C=O) groups is 1. The lowest BCUT2D eigenvalue weighted by atomic mass is 9.89. The van der Waals surface area contributed by atoms with E-state index in [0.29, 0.717) is 6.54 Å². The van der Waals surface area contributed by atoms with Crippen molar-refractivity contribution < 1.29 is 9.90 Å². The standard InChI is InChI=1S/C14H23NO2S/c1-10-8-12(11(2)18-10)13(17)15-7-5-6-14(3,4)9-16/h8,16H,5-7,9H2,1-4H3,(H,15,17). The Bertz CT molecular complexity index is 410. The van der Waals surface area contributed by atoms with Crippen molar-refractivity contribution in [2.75, 3.05) is 13.2 Å². The van der Waals surface area contributed by atoms with Gasteiger partial charge in [0.25, 0.3) is 5.91 Å². The van der Waals surface area contributed by atoms with Crippen LogP contribution < -0.4 is 5.32 Å². The number of amides is 1. The lowest BCUT2D eigenvalue weighted by Crippen LogP contribution is -2.26. The average Bonchev–Trinajstić information content (AvgIpc) is 2.64. The molecule has 1 amide bonds. The summed E-state index contributed by atoms with van der Waals surface area (Å²) < 4.78 is 0. The van der Waals surface area contributed by atoms with Crippen LogP contribution in [0.3, 0.4) is 0 Å². The number of rotatable bonds is 6. The minimum absolute atomic E-state index is 0.0126. The second kappa shape index (κ2) is 6.34. The van der Waals surface area contributed by atoms with Crippen molar-refractivity contribution in [3.8, 4) is 0 Å². The molecule has 1 aromatic heterocycles. The molecule has 4 heteroatoms. The Kier molecular flexibility index (Phi) is 5.35. The number of aliphatic hydroxyl groups is 1. The van der Waals surface area contributed by atoms with Crippen molar-refractivity contribution in [2.45, 2.75) is 40.5 Å². The highest BCUT2D eigenvalue weighted by Crippen LogP contribution is 2.21. The first-order valence-electron chi connectivity index (χ1n) is 6.32. The van der Waals surface area contributed by atoms with Gasteiger partial charge in [0.05, 0.1) is 5.56 Å². The van der Waals surface area contributed by atoms with Crippen LogP contribution in [0.25, 0.3) is 0 Å². The highest BCUT2D eigenvalue weighted by atomic mass is 32.1. The summed E-state index contributed by atoms with van der Waals surface area (Å²) in [7, 11) is 0. The van der Waals surface area contributed by atoms with E-state index in [1.165, 1.54) is 4.88 Å². The number of hydrogen-bond acceptors (Lipinski definition) is 3. The predicted molar refractivity (Wildman–Crippen MR) is 76.2 cm³/mol. The SMILES string of the molecule is Cc1cc(C(=O)NCCCC(C)(C)CO)c(C)s1. The number of nitrogens with one attached hydrogen (secondary N) is 1. The first kappa shape index (κ1) is 15.2. The number of aliphatic hydroxyl groups excluding tert-OH is 1. The lowest BCUT2D eigenvalue weighted by molar-refractivity contribution is 0.0948. The van der Waals surface area contributed by atoms with Crippen LogP contribution in [-0.2, 0) is 0 Å². The predicted octanol–water partition coefficient (Wildman–Crippen LogP) is 2.89. The van der Waals surface area contributed by atoms with E-state index in [1.807, 2.05) is 33.8 Å². The van der Waals surface area contributed by atoms with E-state index in [2.05, 4.69) is 5.32 Å². The molecular weight excluding hydrogens is 246 g/mol. The van der Waals surface area contributed by atoms with Crippen LogP contribution in [0.15, 0.2) is 6.07 Å².